The number of carbonyl (C=O) groups is 1. The lowest BCUT2D eigenvalue weighted by atomic mass is 9.44. The van der Waals surface area contributed by atoms with Gasteiger partial charge in [-0.3, -0.25) is 4.79 Å². The van der Waals surface area contributed by atoms with E-state index in [1.54, 1.807) is 6.92 Å². The first-order valence-electron chi connectivity index (χ1n) is 10.1. The van der Waals surface area contributed by atoms with Gasteiger partial charge in [-0.1, -0.05) is 13.8 Å². The molecular formula is C21H32O3. The highest BCUT2D eigenvalue weighted by atomic mass is 16.3. The molecule has 0 amide bonds. The molecule has 0 heterocycles. The lowest BCUT2D eigenvalue weighted by Crippen LogP contribution is -2.61. The van der Waals surface area contributed by atoms with Crippen LogP contribution in [0.4, 0.5) is 0 Å². The van der Waals surface area contributed by atoms with E-state index >= 15 is 0 Å². The standard InChI is InChI=1S/C21H32O3/c1-11(22)14-4-5-15-13-8-17(24)21-9-12(21)6-7-20(21,3)18(13)16(23)10-19(14,15)2/h12-18,23-24H,4-10H2,1-3H3/t12-,13?,14?,15?,16-,17?,18?,19?,20?,21-/m1/s1. The van der Waals surface area contributed by atoms with Gasteiger partial charge < -0.3 is 10.2 Å². The van der Waals surface area contributed by atoms with Crippen LogP contribution in [0, 0.1) is 45.8 Å². The summed E-state index contributed by atoms with van der Waals surface area (Å²) < 4.78 is 0. The quantitative estimate of drug-likeness (QED) is 0.775. The molecule has 5 saturated carbocycles. The number of hydrogen-bond acceptors (Lipinski definition) is 3. The number of aliphatic hydroxyl groups is 2. The summed E-state index contributed by atoms with van der Waals surface area (Å²) >= 11 is 0. The van der Waals surface area contributed by atoms with Gasteiger partial charge in [-0.15, -0.1) is 0 Å². The predicted molar refractivity (Wildman–Crippen MR) is 91.1 cm³/mol. The van der Waals surface area contributed by atoms with E-state index in [-0.39, 0.29) is 34.4 Å². The molecule has 0 aromatic heterocycles. The minimum atomic E-state index is -0.301. The molecule has 5 fully saturated rings. The maximum absolute atomic E-state index is 12.2. The Bertz CT molecular complexity index is 602. The summed E-state index contributed by atoms with van der Waals surface area (Å²) in [6.45, 7) is 6.36. The average Bonchev–Trinajstić information content (AvgIpc) is 3.02. The number of Topliss-reactive ketones (excluding diaryl/α,β-unsaturated/α-hetero) is 1. The van der Waals surface area contributed by atoms with Gasteiger partial charge in [-0.05, 0) is 86.4 Å². The third-order valence-corrected chi connectivity index (χ3v) is 10.00. The molecule has 24 heavy (non-hydrogen) atoms. The number of carbonyl (C=O) groups excluding carboxylic acids is 1. The summed E-state index contributed by atoms with van der Waals surface area (Å²) in [5, 5.41) is 22.4. The largest absolute Gasteiger partial charge is 0.393 e. The zero-order chi connectivity index (χ0) is 17.1. The van der Waals surface area contributed by atoms with Crippen molar-refractivity contribution in [1.29, 1.82) is 0 Å². The van der Waals surface area contributed by atoms with Crippen molar-refractivity contribution in [3.05, 3.63) is 0 Å². The number of aliphatic hydroxyl groups excluding tert-OH is 2. The van der Waals surface area contributed by atoms with Crippen molar-refractivity contribution >= 4 is 5.78 Å². The number of fused-ring (bicyclic) bond motifs is 4. The molecule has 5 aliphatic rings. The normalized spacial score (nSPS) is 64.0. The van der Waals surface area contributed by atoms with E-state index in [4.69, 9.17) is 0 Å². The number of hydrogen-bond donors (Lipinski definition) is 2. The zero-order valence-corrected chi connectivity index (χ0v) is 15.3. The maximum Gasteiger partial charge on any atom is 0.133 e. The third-order valence-electron chi connectivity index (χ3n) is 10.00. The van der Waals surface area contributed by atoms with Gasteiger partial charge in [0.25, 0.3) is 0 Å². The minimum Gasteiger partial charge on any atom is -0.393 e. The fourth-order valence-electron chi connectivity index (χ4n) is 9.10. The van der Waals surface area contributed by atoms with Gasteiger partial charge in [0.15, 0.2) is 0 Å². The zero-order valence-electron chi connectivity index (χ0n) is 15.3. The van der Waals surface area contributed by atoms with E-state index < -0.39 is 0 Å². The monoisotopic (exact) mass is 332 g/mol. The summed E-state index contributed by atoms with van der Waals surface area (Å²) in [5.41, 5.74) is 0.158. The average molecular weight is 332 g/mol. The minimum absolute atomic E-state index is 0.0610. The maximum atomic E-state index is 12.2. The second kappa shape index (κ2) is 4.46. The summed E-state index contributed by atoms with van der Waals surface area (Å²) in [5.74, 6) is 2.34. The Balaban J connectivity index is 1.56. The van der Waals surface area contributed by atoms with Gasteiger partial charge in [0.05, 0.1) is 12.2 Å². The molecule has 0 saturated heterocycles. The van der Waals surface area contributed by atoms with Crippen LogP contribution in [-0.2, 0) is 4.79 Å². The number of rotatable bonds is 1. The van der Waals surface area contributed by atoms with Crippen LogP contribution in [0.15, 0.2) is 0 Å². The van der Waals surface area contributed by atoms with Crippen LogP contribution in [-0.4, -0.2) is 28.2 Å². The fourth-order valence-corrected chi connectivity index (χ4v) is 9.10. The lowest BCUT2D eigenvalue weighted by molar-refractivity contribution is -0.193. The van der Waals surface area contributed by atoms with Crippen LogP contribution in [0.3, 0.4) is 0 Å². The Morgan fingerprint density at radius 3 is 2.50 bits per heavy atom. The van der Waals surface area contributed by atoms with Crippen LogP contribution in [0.5, 0.6) is 0 Å². The number of ketones is 1. The Morgan fingerprint density at radius 1 is 1.08 bits per heavy atom. The Kier molecular flexibility index (Phi) is 2.94. The van der Waals surface area contributed by atoms with Gasteiger partial charge >= 0.3 is 0 Å². The SMILES string of the molecule is CC(=O)C1CCC2C3CC(O)[C@@]45C[C@H]4CCC5(C)C3[C@H](O)CC12C. The smallest absolute Gasteiger partial charge is 0.133 e. The molecule has 10 atom stereocenters. The van der Waals surface area contributed by atoms with E-state index in [0.29, 0.717) is 29.5 Å². The molecule has 3 nitrogen and oxygen atoms in total. The van der Waals surface area contributed by atoms with Crippen LogP contribution in [0.1, 0.15) is 65.7 Å². The van der Waals surface area contributed by atoms with Crippen molar-refractivity contribution in [2.24, 2.45) is 45.8 Å². The van der Waals surface area contributed by atoms with Gasteiger partial charge in [0.1, 0.15) is 5.78 Å². The molecule has 5 aliphatic carbocycles. The van der Waals surface area contributed by atoms with Crippen molar-refractivity contribution < 1.29 is 15.0 Å². The molecule has 0 radical (unpaired) electrons. The van der Waals surface area contributed by atoms with Crippen molar-refractivity contribution in [2.45, 2.75) is 77.9 Å². The van der Waals surface area contributed by atoms with Crippen molar-refractivity contribution in [2.75, 3.05) is 0 Å². The molecule has 0 aliphatic heterocycles. The van der Waals surface area contributed by atoms with Crippen LogP contribution in [0.25, 0.3) is 0 Å². The first kappa shape index (κ1) is 15.8. The molecule has 2 N–H and O–H groups in total. The highest BCUT2D eigenvalue weighted by molar-refractivity contribution is 5.79. The van der Waals surface area contributed by atoms with Crippen LogP contribution >= 0.6 is 0 Å². The first-order valence-corrected chi connectivity index (χ1v) is 10.1. The van der Waals surface area contributed by atoms with Crippen molar-refractivity contribution in [1.82, 2.24) is 0 Å². The molecule has 0 aromatic rings. The van der Waals surface area contributed by atoms with Crippen molar-refractivity contribution in [3.63, 3.8) is 0 Å². The second-order valence-electron chi connectivity index (χ2n) is 10.5. The summed E-state index contributed by atoms with van der Waals surface area (Å²) in [4.78, 5) is 12.2. The second-order valence-corrected chi connectivity index (χ2v) is 10.5. The van der Waals surface area contributed by atoms with Gasteiger partial charge in [-0.2, -0.15) is 0 Å². The lowest BCUT2D eigenvalue weighted by Gasteiger charge is -2.61. The summed E-state index contributed by atoms with van der Waals surface area (Å²) in [6, 6.07) is 0. The molecule has 5 rings (SSSR count). The van der Waals surface area contributed by atoms with Gasteiger partial charge in [0, 0.05) is 11.3 Å². The van der Waals surface area contributed by atoms with Crippen LogP contribution < -0.4 is 0 Å². The summed E-state index contributed by atoms with van der Waals surface area (Å²) in [6.07, 6.45) is 6.83. The fraction of sp³-hybridized carbons (Fsp3) is 0.952. The molecular weight excluding hydrogens is 300 g/mol. The van der Waals surface area contributed by atoms with Crippen molar-refractivity contribution in [3.8, 4) is 0 Å². The Morgan fingerprint density at radius 2 is 1.83 bits per heavy atom. The van der Waals surface area contributed by atoms with Crippen LogP contribution in [0.2, 0.25) is 0 Å². The molecule has 0 aromatic carbocycles. The molecule has 1 spiro atoms. The highest BCUT2D eigenvalue weighted by Crippen LogP contribution is 2.81. The molecule has 134 valence electrons. The Labute approximate surface area is 145 Å². The molecule has 7 unspecified atom stereocenters. The third kappa shape index (κ3) is 1.52. The van der Waals surface area contributed by atoms with E-state index in [9.17, 15) is 15.0 Å². The van der Waals surface area contributed by atoms with Gasteiger partial charge in [-0.25, -0.2) is 0 Å². The predicted octanol–water partition coefficient (Wildman–Crippen LogP) is 3.18. The van der Waals surface area contributed by atoms with E-state index in [0.717, 1.165) is 25.7 Å². The van der Waals surface area contributed by atoms with E-state index in [1.165, 1.54) is 19.3 Å². The summed E-state index contributed by atoms with van der Waals surface area (Å²) in [7, 11) is 0. The van der Waals surface area contributed by atoms with E-state index in [2.05, 4.69) is 13.8 Å². The highest BCUT2D eigenvalue weighted by Gasteiger charge is 2.78. The topological polar surface area (TPSA) is 57.5 Å². The molecule has 0 bridgehead atoms. The molecule has 3 heteroatoms. The Hall–Kier alpha value is -0.410. The van der Waals surface area contributed by atoms with Gasteiger partial charge in [0.2, 0.25) is 0 Å². The first-order chi connectivity index (χ1) is 11.3. The van der Waals surface area contributed by atoms with E-state index in [1.807, 2.05) is 0 Å².